The largest absolute Gasteiger partial charge is 0.376 e. The van der Waals surface area contributed by atoms with E-state index in [9.17, 15) is 0 Å². The fourth-order valence-electron chi connectivity index (χ4n) is 2.87. The van der Waals surface area contributed by atoms with E-state index in [0.29, 0.717) is 6.10 Å². The van der Waals surface area contributed by atoms with Gasteiger partial charge in [-0.05, 0) is 56.3 Å². The molecule has 1 atom stereocenters. The van der Waals surface area contributed by atoms with Crippen LogP contribution in [0.25, 0.3) is 0 Å². The van der Waals surface area contributed by atoms with Crippen molar-refractivity contribution >= 4 is 5.82 Å². The molecule has 1 aliphatic heterocycles. The van der Waals surface area contributed by atoms with Gasteiger partial charge in [-0.1, -0.05) is 6.92 Å². The molecule has 0 amide bonds. The van der Waals surface area contributed by atoms with Gasteiger partial charge in [-0.25, -0.2) is 4.98 Å². The minimum atomic E-state index is 0.357. The summed E-state index contributed by atoms with van der Waals surface area (Å²) in [6.45, 7) is 8.12. The minimum absolute atomic E-state index is 0.357. The second kappa shape index (κ2) is 8.35. The summed E-state index contributed by atoms with van der Waals surface area (Å²) in [5.74, 6) is 1.07. The standard InChI is InChI=1S/C17H29N3O/c1-4-8-18-11-15-10-14(2)17(19-12-15)20(3)13-16-7-5-6-9-21-16/h10,12,16,18H,4-9,11,13H2,1-3H3. The molecule has 118 valence electrons. The average Bonchev–Trinajstić information content (AvgIpc) is 2.48. The lowest BCUT2D eigenvalue weighted by molar-refractivity contribution is 0.0215. The van der Waals surface area contributed by atoms with Gasteiger partial charge in [0.15, 0.2) is 0 Å². The van der Waals surface area contributed by atoms with Gasteiger partial charge in [-0.3, -0.25) is 0 Å². The molecule has 1 saturated heterocycles. The minimum Gasteiger partial charge on any atom is -0.376 e. The summed E-state index contributed by atoms with van der Waals surface area (Å²) in [6.07, 6.45) is 7.17. The van der Waals surface area contributed by atoms with Crippen LogP contribution in [0, 0.1) is 6.92 Å². The third kappa shape index (κ3) is 4.97. The number of hydrogen-bond acceptors (Lipinski definition) is 4. The van der Waals surface area contributed by atoms with Gasteiger partial charge in [0.25, 0.3) is 0 Å². The van der Waals surface area contributed by atoms with Gasteiger partial charge in [0.05, 0.1) is 6.10 Å². The van der Waals surface area contributed by atoms with E-state index in [1.807, 2.05) is 6.20 Å². The number of ether oxygens (including phenoxy) is 1. The van der Waals surface area contributed by atoms with Crippen molar-refractivity contribution in [3.8, 4) is 0 Å². The normalized spacial score (nSPS) is 18.7. The van der Waals surface area contributed by atoms with E-state index in [0.717, 1.165) is 38.5 Å². The number of rotatable bonds is 7. The molecule has 21 heavy (non-hydrogen) atoms. The van der Waals surface area contributed by atoms with Crippen molar-refractivity contribution in [1.29, 1.82) is 0 Å². The fraction of sp³-hybridized carbons (Fsp3) is 0.706. The quantitative estimate of drug-likeness (QED) is 0.784. The second-order valence-electron chi connectivity index (χ2n) is 6.03. The van der Waals surface area contributed by atoms with Crippen LogP contribution in [-0.2, 0) is 11.3 Å². The Bertz CT molecular complexity index is 430. The van der Waals surface area contributed by atoms with E-state index in [1.54, 1.807) is 0 Å². The Labute approximate surface area is 128 Å². The number of nitrogens with zero attached hydrogens (tertiary/aromatic N) is 2. The predicted octanol–water partition coefficient (Wildman–Crippen LogP) is 2.89. The van der Waals surface area contributed by atoms with Gasteiger partial charge in [0.1, 0.15) is 5.82 Å². The zero-order valence-corrected chi connectivity index (χ0v) is 13.7. The highest BCUT2D eigenvalue weighted by molar-refractivity contribution is 5.46. The Kier molecular flexibility index (Phi) is 6.46. The van der Waals surface area contributed by atoms with Crippen LogP contribution in [0.1, 0.15) is 43.7 Å². The lowest BCUT2D eigenvalue weighted by atomic mass is 10.1. The van der Waals surface area contributed by atoms with E-state index in [2.05, 4.69) is 42.2 Å². The Morgan fingerprint density at radius 2 is 2.29 bits per heavy atom. The maximum absolute atomic E-state index is 5.82. The molecule has 2 heterocycles. The van der Waals surface area contributed by atoms with Crippen molar-refractivity contribution in [3.05, 3.63) is 23.4 Å². The maximum Gasteiger partial charge on any atom is 0.131 e. The molecular formula is C17H29N3O. The monoisotopic (exact) mass is 291 g/mol. The molecule has 1 N–H and O–H groups in total. The van der Waals surface area contributed by atoms with Crippen molar-refractivity contribution < 1.29 is 4.74 Å². The van der Waals surface area contributed by atoms with Gasteiger partial charge in [0.2, 0.25) is 0 Å². The number of hydrogen-bond donors (Lipinski definition) is 1. The van der Waals surface area contributed by atoms with E-state index in [1.165, 1.54) is 30.4 Å². The van der Waals surface area contributed by atoms with Crippen molar-refractivity contribution in [2.75, 3.05) is 31.6 Å². The van der Waals surface area contributed by atoms with Crippen molar-refractivity contribution in [2.24, 2.45) is 0 Å². The Balaban J connectivity index is 1.92. The highest BCUT2D eigenvalue weighted by Gasteiger charge is 2.17. The zero-order chi connectivity index (χ0) is 15.1. The number of aryl methyl sites for hydroxylation is 1. The fourth-order valence-corrected chi connectivity index (χ4v) is 2.87. The first-order valence-electron chi connectivity index (χ1n) is 8.19. The first-order chi connectivity index (χ1) is 10.2. The van der Waals surface area contributed by atoms with Crippen LogP contribution in [-0.4, -0.2) is 37.8 Å². The molecule has 1 aliphatic rings. The zero-order valence-electron chi connectivity index (χ0n) is 13.7. The maximum atomic E-state index is 5.82. The molecule has 0 aliphatic carbocycles. The Morgan fingerprint density at radius 3 is 2.95 bits per heavy atom. The van der Waals surface area contributed by atoms with Gasteiger partial charge in [0, 0.05) is 32.9 Å². The number of likely N-dealkylation sites (N-methyl/N-ethyl adjacent to an activating group) is 1. The third-order valence-corrected chi connectivity index (χ3v) is 3.98. The van der Waals surface area contributed by atoms with E-state index in [-0.39, 0.29) is 0 Å². The smallest absolute Gasteiger partial charge is 0.131 e. The number of aromatic nitrogens is 1. The van der Waals surface area contributed by atoms with Crippen LogP contribution in [0.5, 0.6) is 0 Å². The molecule has 4 heteroatoms. The Hall–Kier alpha value is -1.13. The molecule has 0 spiro atoms. The summed E-state index contributed by atoms with van der Waals surface area (Å²) >= 11 is 0. The number of anilines is 1. The molecular weight excluding hydrogens is 262 g/mol. The van der Waals surface area contributed by atoms with E-state index in [4.69, 9.17) is 4.74 Å². The molecule has 1 aromatic heterocycles. The summed E-state index contributed by atoms with van der Waals surface area (Å²) in [7, 11) is 2.11. The van der Waals surface area contributed by atoms with Crippen LogP contribution < -0.4 is 10.2 Å². The van der Waals surface area contributed by atoms with Crippen LogP contribution in [0.3, 0.4) is 0 Å². The van der Waals surface area contributed by atoms with Crippen LogP contribution in [0.15, 0.2) is 12.3 Å². The van der Waals surface area contributed by atoms with Gasteiger partial charge < -0.3 is 15.0 Å². The van der Waals surface area contributed by atoms with Crippen LogP contribution in [0.2, 0.25) is 0 Å². The Morgan fingerprint density at radius 1 is 1.43 bits per heavy atom. The first-order valence-corrected chi connectivity index (χ1v) is 8.19. The average molecular weight is 291 g/mol. The van der Waals surface area contributed by atoms with E-state index >= 15 is 0 Å². The third-order valence-electron chi connectivity index (χ3n) is 3.98. The van der Waals surface area contributed by atoms with Crippen molar-refractivity contribution in [1.82, 2.24) is 10.3 Å². The van der Waals surface area contributed by atoms with Crippen molar-refractivity contribution in [3.63, 3.8) is 0 Å². The highest BCUT2D eigenvalue weighted by Crippen LogP contribution is 2.20. The summed E-state index contributed by atoms with van der Waals surface area (Å²) in [6, 6.07) is 2.24. The van der Waals surface area contributed by atoms with E-state index < -0.39 is 0 Å². The molecule has 1 unspecified atom stereocenters. The molecule has 0 radical (unpaired) electrons. The summed E-state index contributed by atoms with van der Waals surface area (Å²) < 4.78 is 5.82. The molecule has 2 rings (SSSR count). The molecule has 1 aromatic rings. The summed E-state index contributed by atoms with van der Waals surface area (Å²) in [5, 5.41) is 3.42. The molecule has 4 nitrogen and oxygen atoms in total. The molecule has 0 aromatic carbocycles. The second-order valence-corrected chi connectivity index (χ2v) is 6.03. The summed E-state index contributed by atoms with van der Waals surface area (Å²) in [5.41, 5.74) is 2.50. The van der Waals surface area contributed by atoms with Gasteiger partial charge in [-0.15, -0.1) is 0 Å². The molecule has 1 fully saturated rings. The topological polar surface area (TPSA) is 37.4 Å². The lowest BCUT2D eigenvalue weighted by Crippen LogP contribution is -2.34. The molecule has 0 saturated carbocycles. The SMILES string of the molecule is CCCNCc1cnc(N(C)CC2CCCCO2)c(C)c1. The lowest BCUT2D eigenvalue weighted by Gasteiger charge is -2.28. The highest BCUT2D eigenvalue weighted by atomic mass is 16.5. The summed E-state index contributed by atoms with van der Waals surface area (Å²) in [4.78, 5) is 6.88. The number of pyridine rings is 1. The van der Waals surface area contributed by atoms with Crippen molar-refractivity contribution in [2.45, 2.75) is 52.2 Å². The molecule has 0 bridgehead atoms. The van der Waals surface area contributed by atoms with Gasteiger partial charge in [-0.2, -0.15) is 0 Å². The predicted molar refractivity (Wildman–Crippen MR) is 87.8 cm³/mol. The van der Waals surface area contributed by atoms with Gasteiger partial charge >= 0.3 is 0 Å². The van der Waals surface area contributed by atoms with Crippen LogP contribution >= 0.6 is 0 Å². The first kappa shape index (κ1) is 16.2. The van der Waals surface area contributed by atoms with Crippen LogP contribution in [0.4, 0.5) is 5.82 Å². The number of nitrogens with one attached hydrogen (secondary N) is 1.